The van der Waals surface area contributed by atoms with E-state index >= 15 is 0 Å². The van der Waals surface area contributed by atoms with Gasteiger partial charge in [0.2, 0.25) is 0 Å². The first kappa shape index (κ1) is 12.1. The van der Waals surface area contributed by atoms with Gasteiger partial charge in [-0.05, 0) is 23.6 Å². The van der Waals surface area contributed by atoms with Gasteiger partial charge in [-0.3, -0.25) is 0 Å². The highest BCUT2D eigenvalue weighted by atomic mass is 35.5. The minimum Gasteiger partial charge on any atom is -1.00 e. The molecule has 15 heavy (non-hydrogen) atoms. The number of nitrogens with one attached hydrogen (secondary N) is 1. The molecular weight excluding hydrogens is 228 g/mol. The molecule has 0 atom stereocenters. The van der Waals surface area contributed by atoms with Crippen molar-refractivity contribution in [2.24, 2.45) is 0 Å². The molecule has 0 amide bonds. The molecule has 0 spiro atoms. The average Bonchev–Trinajstić information content (AvgIpc) is 2.67. The highest BCUT2D eigenvalue weighted by molar-refractivity contribution is 7.98. The first-order chi connectivity index (χ1) is 6.90. The third kappa shape index (κ3) is 3.01. The number of rotatable bonds is 3. The molecule has 1 heterocycles. The number of hydrogen-bond acceptors (Lipinski definition) is 1. The Hall–Kier alpha value is -0.930. The van der Waals surface area contributed by atoms with E-state index < -0.39 is 0 Å². The van der Waals surface area contributed by atoms with Crippen LogP contribution in [-0.4, -0.2) is 11.2 Å². The summed E-state index contributed by atoms with van der Waals surface area (Å²) < 4.78 is 2.21. The summed E-state index contributed by atoms with van der Waals surface area (Å²) in [6.45, 7) is 0.931. The minimum atomic E-state index is 0. The molecule has 0 saturated heterocycles. The zero-order valence-electron chi connectivity index (χ0n) is 8.48. The highest BCUT2D eigenvalue weighted by Gasteiger charge is 2.08. The molecule has 0 radical (unpaired) electrons. The Morgan fingerprint density at radius 1 is 1.27 bits per heavy atom. The Bertz CT molecular complexity index is 400. The van der Waals surface area contributed by atoms with Crippen molar-refractivity contribution < 1.29 is 17.0 Å². The van der Waals surface area contributed by atoms with Gasteiger partial charge in [-0.1, -0.05) is 30.3 Å². The van der Waals surface area contributed by atoms with Crippen LogP contribution < -0.4 is 17.0 Å². The molecule has 0 aliphatic heterocycles. The first-order valence-corrected chi connectivity index (χ1v) is 5.77. The molecule has 0 aliphatic carbocycles. The van der Waals surface area contributed by atoms with Gasteiger partial charge in [0, 0.05) is 0 Å². The van der Waals surface area contributed by atoms with E-state index in [1.54, 1.807) is 11.8 Å². The molecule has 4 heteroatoms. The summed E-state index contributed by atoms with van der Waals surface area (Å²) >= 11 is 1.73. The Morgan fingerprint density at radius 2 is 2.00 bits per heavy atom. The number of thioether (sulfide) groups is 1. The molecule has 1 aromatic heterocycles. The number of hydrogen-bond donors (Lipinski definition) is 1. The summed E-state index contributed by atoms with van der Waals surface area (Å²) in [5.41, 5.74) is 1.33. The minimum absolute atomic E-state index is 0. The van der Waals surface area contributed by atoms with E-state index in [4.69, 9.17) is 0 Å². The highest BCUT2D eigenvalue weighted by Crippen LogP contribution is 2.06. The van der Waals surface area contributed by atoms with Gasteiger partial charge in [-0.15, -0.1) is 0 Å². The maximum absolute atomic E-state index is 3.20. The maximum atomic E-state index is 3.20. The fraction of sp³-hybridized carbons (Fsp3) is 0.182. The van der Waals surface area contributed by atoms with Crippen LogP contribution in [0, 0.1) is 0 Å². The van der Waals surface area contributed by atoms with Gasteiger partial charge in [0.1, 0.15) is 18.9 Å². The third-order valence-electron chi connectivity index (χ3n) is 2.11. The van der Waals surface area contributed by atoms with E-state index in [1.807, 2.05) is 12.3 Å². The molecule has 0 fully saturated rings. The Balaban J connectivity index is 0.00000112. The normalized spacial score (nSPS) is 9.67. The fourth-order valence-electron chi connectivity index (χ4n) is 1.43. The van der Waals surface area contributed by atoms with Crippen molar-refractivity contribution in [1.29, 1.82) is 0 Å². The Labute approximate surface area is 100 Å². The largest absolute Gasteiger partial charge is 1.00 e. The third-order valence-corrected chi connectivity index (χ3v) is 2.85. The lowest BCUT2D eigenvalue weighted by molar-refractivity contribution is -0.723. The van der Waals surface area contributed by atoms with Gasteiger partial charge in [0.15, 0.2) is 0 Å². The van der Waals surface area contributed by atoms with E-state index in [0.29, 0.717) is 0 Å². The predicted molar refractivity (Wildman–Crippen MR) is 58.3 cm³/mol. The van der Waals surface area contributed by atoms with Crippen LogP contribution in [-0.2, 0) is 6.54 Å². The van der Waals surface area contributed by atoms with Crippen LogP contribution in [0.5, 0.6) is 0 Å². The SMILES string of the molecule is CSc1[nH]cc[n+]1Cc1ccccc1.[Cl-]. The van der Waals surface area contributed by atoms with E-state index in [0.717, 1.165) is 6.54 Å². The summed E-state index contributed by atoms with van der Waals surface area (Å²) in [5.74, 6) is 0. The van der Waals surface area contributed by atoms with Gasteiger partial charge in [0.05, 0.1) is 0 Å². The van der Waals surface area contributed by atoms with Crippen molar-refractivity contribution in [2.75, 3.05) is 6.26 Å². The molecule has 1 N–H and O–H groups in total. The van der Waals surface area contributed by atoms with Crippen LogP contribution in [0.1, 0.15) is 5.56 Å². The zero-order chi connectivity index (χ0) is 9.80. The maximum Gasteiger partial charge on any atom is 0.315 e. The van der Waals surface area contributed by atoms with Gasteiger partial charge >= 0.3 is 5.16 Å². The molecule has 0 unspecified atom stereocenters. The van der Waals surface area contributed by atoms with Gasteiger partial charge in [-0.25, -0.2) is 9.55 Å². The second-order valence-electron chi connectivity index (χ2n) is 3.08. The molecule has 1 aromatic carbocycles. The number of aromatic nitrogens is 2. The topological polar surface area (TPSA) is 19.7 Å². The van der Waals surface area contributed by atoms with Crippen LogP contribution in [0.25, 0.3) is 0 Å². The second-order valence-corrected chi connectivity index (χ2v) is 3.88. The number of nitrogens with zero attached hydrogens (tertiary/aromatic N) is 1. The Morgan fingerprint density at radius 3 is 2.67 bits per heavy atom. The van der Waals surface area contributed by atoms with Crippen molar-refractivity contribution in [1.82, 2.24) is 4.98 Å². The Kier molecular flexibility index (Phi) is 4.72. The summed E-state index contributed by atoms with van der Waals surface area (Å²) in [7, 11) is 0. The number of benzene rings is 1. The van der Waals surface area contributed by atoms with E-state index in [2.05, 4.69) is 46.3 Å². The van der Waals surface area contributed by atoms with Crippen molar-refractivity contribution >= 4 is 11.8 Å². The first-order valence-electron chi connectivity index (χ1n) is 4.55. The molecule has 0 aliphatic rings. The zero-order valence-corrected chi connectivity index (χ0v) is 10.1. The lowest BCUT2D eigenvalue weighted by Crippen LogP contribution is -3.00. The van der Waals surface area contributed by atoms with Crippen molar-refractivity contribution in [3.63, 3.8) is 0 Å². The number of halogens is 1. The smallest absolute Gasteiger partial charge is 0.315 e. The summed E-state index contributed by atoms with van der Waals surface area (Å²) in [6, 6.07) is 10.5. The number of aromatic amines is 1. The predicted octanol–water partition coefficient (Wildman–Crippen LogP) is -0.924. The van der Waals surface area contributed by atoms with Crippen LogP contribution >= 0.6 is 11.8 Å². The lowest BCUT2D eigenvalue weighted by Gasteiger charge is -1.98. The monoisotopic (exact) mass is 240 g/mol. The summed E-state index contributed by atoms with van der Waals surface area (Å²) in [6.07, 6.45) is 6.11. The molecular formula is C11H13ClN2S. The molecule has 0 bridgehead atoms. The summed E-state index contributed by atoms with van der Waals surface area (Å²) in [5, 5.41) is 1.19. The van der Waals surface area contributed by atoms with Gasteiger partial charge in [-0.2, -0.15) is 0 Å². The molecule has 0 saturated carbocycles. The van der Waals surface area contributed by atoms with E-state index in [-0.39, 0.29) is 12.4 Å². The number of H-pyrrole nitrogens is 1. The molecule has 2 aromatic rings. The summed E-state index contributed by atoms with van der Waals surface area (Å²) in [4.78, 5) is 3.20. The lowest BCUT2D eigenvalue weighted by atomic mass is 10.2. The molecule has 2 nitrogen and oxygen atoms in total. The van der Waals surface area contributed by atoms with Crippen LogP contribution in [0.4, 0.5) is 0 Å². The number of imidazole rings is 1. The molecule has 2 rings (SSSR count). The standard InChI is InChI=1S/C11H12N2S.ClH/c1-14-11-12-7-8-13(11)9-10-5-3-2-4-6-10;/h2-8H,9H2,1H3;1H. The van der Waals surface area contributed by atoms with E-state index in [9.17, 15) is 0 Å². The van der Waals surface area contributed by atoms with Crippen LogP contribution in [0.2, 0.25) is 0 Å². The van der Waals surface area contributed by atoms with E-state index in [1.165, 1.54) is 10.7 Å². The fourth-order valence-corrected chi connectivity index (χ4v) is 1.98. The van der Waals surface area contributed by atoms with Crippen LogP contribution in [0.3, 0.4) is 0 Å². The van der Waals surface area contributed by atoms with Crippen LogP contribution in [0.15, 0.2) is 47.9 Å². The van der Waals surface area contributed by atoms with Crippen molar-refractivity contribution in [3.05, 3.63) is 48.3 Å². The van der Waals surface area contributed by atoms with Gasteiger partial charge in [0.25, 0.3) is 0 Å². The second kappa shape index (κ2) is 5.83. The quantitative estimate of drug-likeness (QED) is 0.543. The molecule has 80 valence electrons. The van der Waals surface area contributed by atoms with Crippen molar-refractivity contribution in [2.45, 2.75) is 11.7 Å². The van der Waals surface area contributed by atoms with Crippen molar-refractivity contribution in [3.8, 4) is 0 Å². The average molecular weight is 241 g/mol. The van der Waals surface area contributed by atoms with Gasteiger partial charge < -0.3 is 12.4 Å².